The molecule has 1 aromatic heterocycles. The van der Waals surface area contributed by atoms with Crippen molar-refractivity contribution in [3.8, 4) is 11.3 Å². The highest BCUT2D eigenvalue weighted by molar-refractivity contribution is 7.80. The minimum atomic E-state index is 0.175. The highest BCUT2D eigenvalue weighted by Gasteiger charge is 2.18. The van der Waals surface area contributed by atoms with Gasteiger partial charge in [0, 0.05) is 5.56 Å². The standard InChI is InChI=1S/C18H17N5S/c1-12-8-10-15(11-9-12)20-21-16-13(2)22-23(18(19)24)17(16)14-6-4-3-5-7-14/h3-11H,1-2H3,(H2,19,24). The van der Waals surface area contributed by atoms with Gasteiger partial charge in [-0.25, -0.2) is 4.68 Å². The highest BCUT2D eigenvalue weighted by atomic mass is 32.1. The number of hydrogen-bond donors (Lipinski definition) is 1. The molecule has 0 saturated heterocycles. The maximum atomic E-state index is 5.82. The van der Waals surface area contributed by atoms with Gasteiger partial charge in [0.1, 0.15) is 11.4 Å². The summed E-state index contributed by atoms with van der Waals surface area (Å²) >= 11 is 5.12. The van der Waals surface area contributed by atoms with Gasteiger partial charge in [-0.1, -0.05) is 48.0 Å². The van der Waals surface area contributed by atoms with Crippen molar-refractivity contribution in [2.24, 2.45) is 16.0 Å². The maximum absolute atomic E-state index is 5.82. The molecule has 0 bridgehead atoms. The second kappa shape index (κ2) is 6.72. The van der Waals surface area contributed by atoms with Crippen LogP contribution in [0.4, 0.5) is 11.4 Å². The Hall–Kier alpha value is -2.86. The third-order valence-corrected chi connectivity index (χ3v) is 3.76. The number of hydrogen-bond acceptors (Lipinski definition) is 4. The fourth-order valence-corrected chi connectivity index (χ4v) is 2.50. The zero-order valence-corrected chi connectivity index (χ0v) is 14.3. The van der Waals surface area contributed by atoms with E-state index in [0.29, 0.717) is 5.69 Å². The lowest BCUT2D eigenvalue weighted by molar-refractivity contribution is 0.923. The van der Waals surface area contributed by atoms with Crippen LogP contribution < -0.4 is 5.73 Å². The van der Waals surface area contributed by atoms with Gasteiger partial charge in [-0.2, -0.15) is 10.2 Å². The van der Waals surface area contributed by atoms with Crippen molar-refractivity contribution in [1.29, 1.82) is 0 Å². The van der Waals surface area contributed by atoms with Crippen LogP contribution in [0.15, 0.2) is 64.8 Å². The molecule has 0 aliphatic carbocycles. The van der Waals surface area contributed by atoms with E-state index in [2.05, 4.69) is 15.3 Å². The zero-order valence-electron chi connectivity index (χ0n) is 13.5. The van der Waals surface area contributed by atoms with Crippen LogP contribution in [0.25, 0.3) is 11.3 Å². The van der Waals surface area contributed by atoms with Crippen LogP contribution in [0.1, 0.15) is 11.3 Å². The molecule has 0 radical (unpaired) electrons. The fourth-order valence-electron chi connectivity index (χ4n) is 2.37. The molecule has 0 spiro atoms. The van der Waals surface area contributed by atoms with Gasteiger partial charge in [0.25, 0.3) is 0 Å². The Balaban J connectivity index is 2.10. The summed E-state index contributed by atoms with van der Waals surface area (Å²) in [5.74, 6) is 0. The predicted molar refractivity (Wildman–Crippen MR) is 99.9 cm³/mol. The first kappa shape index (κ1) is 16.0. The summed E-state index contributed by atoms with van der Waals surface area (Å²) in [6, 6.07) is 17.6. The second-order valence-corrected chi connectivity index (χ2v) is 5.85. The number of rotatable bonds is 3. The molecular weight excluding hydrogens is 318 g/mol. The Kier molecular flexibility index (Phi) is 4.48. The number of nitrogens with zero attached hydrogens (tertiary/aromatic N) is 4. The molecule has 120 valence electrons. The molecule has 5 nitrogen and oxygen atoms in total. The second-order valence-electron chi connectivity index (χ2n) is 5.43. The summed E-state index contributed by atoms with van der Waals surface area (Å²) in [5, 5.41) is 13.3. The monoisotopic (exact) mass is 335 g/mol. The molecule has 0 saturated carbocycles. The van der Waals surface area contributed by atoms with Crippen LogP contribution in [0, 0.1) is 13.8 Å². The molecule has 0 fully saturated rings. The highest BCUT2D eigenvalue weighted by Crippen LogP contribution is 2.34. The van der Waals surface area contributed by atoms with Crippen LogP contribution in [-0.2, 0) is 0 Å². The quantitative estimate of drug-likeness (QED) is 0.558. The van der Waals surface area contributed by atoms with E-state index >= 15 is 0 Å². The van der Waals surface area contributed by atoms with Crippen molar-refractivity contribution in [2.75, 3.05) is 0 Å². The first-order chi connectivity index (χ1) is 11.6. The number of azo groups is 1. The van der Waals surface area contributed by atoms with Crippen molar-refractivity contribution in [2.45, 2.75) is 13.8 Å². The summed E-state index contributed by atoms with van der Waals surface area (Å²) in [6.07, 6.45) is 0. The average molecular weight is 335 g/mol. The van der Waals surface area contributed by atoms with Crippen LogP contribution in [0.5, 0.6) is 0 Å². The number of aromatic nitrogens is 2. The molecule has 0 amide bonds. The molecule has 0 unspecified atom stereocenters. The van der Waals surface area contributed by atoms with E-state index in [1.54, 1.807) is 0 Å². The Morgan fingerprint density at radius 2 is 1.67 bits per heavy atom. The Bertz CT molecular complexity index is 895. The van der Waals surface area contributed by atoms with Crippen molar-refractivity contribution in [1.82, 2.24) is 9.78 Å². The van der Waals surface area contributed by atoms with Gasteiger partial charge >= 0.3 is 0 Å². The van der Waals surface area contributed by atoms with Crippen molar-refractivity contribution < 1.29 is 0 Å². The minimum absolute atomic E-state index is 0.175. The average Bonchev–Trinajstić information content (AvgIpc) is 2.92. The van der Waals surface area contributed by atoms with Gasteiger partial charge in [-0.3, -0.25) is 0 Å². The lowest BCUT2D eigenvalue weighted by Gasteiger charge is -2.05. The molecule has 0 atom stereocenters. The molecular formula is C18H17N5S. The number of nitrogens with two attached hydrogens (primary N) is 1. The van der Waals surface area contributed by atoms with Gasteiger partial charge in [0.05, 0.1) is 11.4 Å². The van der Waals surface area contributed by atoms with Crippen molar-refractivity contribution in [3.63, 3.8) is 0 Å². The van der Waals surface area contributed by atoms with Crippen LogP contribution in [-0.4, -0.2) is 14.9 Å². The van der Waals surface area contributed by atoms with E-state index in [9.17, 15) is 0 Å². The third-order valence-electron chi connectivity index (χ3n) is 3.58. The minimum Gasteiger partial charge on any atom is -0.374 e. The fraction of sp³-hybridized carbons (Fsp3) is 0.111. The number of thiocarbonyl (C=S) groups is 1. The van der Waals surface area contributed by atoms with Gasteiger partial charge in [0.15, 0.2) is 5.11 Å². The number of aryl methyl sites for hydroxylation is 2. The first-order valence-corrected chi connectivity index (χ1v) is 7.90. The Morgan fingerprint density at radius 1 is 1.00 bits per heavy atom. The largest absolute Gasteiger partial charge is 0.374 e. The van der Waals surface area contributed by atoms with Crippen molar-refractivity contribution >= 4 is 28.7 Å². The predicted octanol–water partition coefficient (Wildman–Crippen LogP) is 4.67. The lowest BCUT2D eigenvalue weighted by atomic mass is 10.1. The van der Waals surface area contributed by atoms with E-state index in [4.69, 9.17) is 18.0 Å². The summed E-state index contributed by atoms with van der Waals surface area (Å²) in [4.78, 5) is 0. The maximum Gasteiger partial charge on any atom is 0.191 e. The van der Waals surface area contributed by atoms with E-state index in [-0.39, 0.29) is 5.11 Å². The molecule has 24 heavy (non-hydrogen) atoms. The van der Waals surface area contributed by atoms with Crippen LogP contribution >= 0.6 is 12.2 Å². The molecule has 1 heterocycles. The van der Waals surface area contributed by atoms with E-state index in [0.717, 1.165) is 22.6 Å². The summed E-state index contributed by atoms with van der Waals surface area (Å²) in [6.45, 7) is 3.90. The molecule has 3 aromatic rings. The molecule has 2 N–H and O–H groups in total. The number of benzene rings is 2. The van der Waals surface area contributed by atoms with Crippen molar-refractivity contribution in [3.05, 3.63) is 65.9 Å². The molecule has 6 heteroatoms. The molecule has 0 aliphatic rings. The molecule has 3 rings (SSSR count). The van der Waals surface area contributed by atoms with Gasteiger partial charge < -0.3 is 5.73 Å². The Morgan fingerprint density at radius 3 is 2.29 bits per heavy atom. The molecule has 0 aliphatic heterocycles. The Labute approximate surface area is 145 Å². The normalized spacial score (nSPS) is 11.1. The molecule has 2 aromatic carbocycles. The van der Waals surface area contributed by atoms with Crippen LogP contribution in [0.2, 0.25) is 0 Å². The van der Waals surface area contributed by atoms with Gasteiger partial charge in [-0.15, -0.1) is 5.11 Å². The topological polar surface area (TPSA) is 68.6 Å². The SMILES string of the molecule is Cc1ccc(N=Nc2c(C)nn(C(N)=S)c2-c2ccccc2)cc1. The first-order valence-electron chi connectivity index (χ1n) is 7.49. The smallest absolute Gasteiger partial charge is 0.191 e. The summed E-state index contributed by atoms with van der Waals surface area (Å²) < 4.78 is 1.53. The van der Waals surface area contributed by atoms with Crippen LogP contribution in [0.3, 0.4) is 0 Å². The van der Waals surface area contributed by atoms with E-state index < -0.39 is 0 Å². The van der Waals surface area contributed by atoms with E-state index in [1.165, 1.54) is 10.2 Å². The van der Waals surface area contributed by atoms with Gasteiger partial charge in [0.2, 0.25) is 0 Å². The summed E-state index contributed by atoms with van der Waals surface area (Å²) in [7, 11) is 0. The lowest BCUT2D eigenvalue weighted by Crippen LogP contribution is -2.21. The van der Waals surface area contributed by atoms with Gasteiger partial charge in [-0.05, 0) is 38.2 Å². The summed E-state index contributed by atoms with van der Waals surface area (Å²) in [5.41, 5.74) is 10.8. The zero-order chi connectivity index (χ0) is 17.1. The van der Waals surface area contributed by atoms with E-state index in [1.807, 2.05) is 68.4 Å². The third kappa shape index (κ3) is 3.23.